The highest BCUT2D eigenvalue weighted by Gasteiger charge is 2.25. The molecule has 6 heteroatoms. The van der Waals surface area contributed by atoms with Gasteiger partial charge in [0.05, 0.1) is 0 Å². The Morgan fingerprint density at radius 1 is 1.30 bits per heavy atom. The average Bonchev–Trinajstić information content (AvgIpc) is 2.64. The van der Waals surface area contributed by atoms with Crippen LogP contribution in [0, 0.1) is 11.8 Å². The molecule has 1 heterocycles. The molecule has 1 aliphatic rings. The molecule has 6 nitrogen and oxygen atoms in total. The van der Waals surface area contributed by atoms with Crippen molar-refractivity contribution in [1.29, 1.82) is 0 Å². The fourth-order valence-electron chi connectivity index (χ4n) is 3.32. The van der Waals surface area contributed by atoms with Crippen molar-refractivity contribution >= 4 is 17.6 Å². The summed E-state index contributed by atoms with van der Waals surface area (Å²) in [5, 5.41) is 9.26. The SMILES string of the molecule is CCNCc1cccc(NC(=O)CC2CCCN(C(=O)NCC(C)C)C2)c1. The molecule has 1 fully saturated rings. The van der Waals surface area contributed by atoms with Crippen molar-refractivity contribution in [2.45, 2.75) is 46.6 Å². The molecule has 3 N–H and O–H groups in total. The quantitative estimate of drug-likeness (QED) is 0.654. The Kier molecular flexibility index (Phi) is 8.58. The van der Waals surface area contributed by atoms with E-state index in [-0.39, 0.29) is 17.9 Å². The Hall–Kier alpha value is -2.08. The molecular weight excluding hydrogens is 340 g/mol. The van der Waals surface area contributed by atoms with E-state index in [1.165, 1.54) is 0 Å². The first-order valence-electron chi connectivity index (χ1n) is 10.1. The standard InChI is InChI=1S/C21H34N4O2/c1-4-22-14-17-7-5-9-19(11-17)24-20(26)12-18-8-6-10-25(15-18)21(27)23-13-16(2)3/h5,7,9,11,16,18,22H,4,6,8,10,12-15H2,1-3H3,(H,23,27)(H,24,26). The summed E-state index contributed by atoms with van der Waals surface area (Å²) in [5.74, 6) is 0.669. The van der Waals surface area contributed by atoms with E-state index in [4.69, 9.17) is 0 Å². The van der Waals surface area contributed by atoms with Crippen LogP contribution in [0.4, 0.5) is 10.5 Å². The van der Waals surface area contributed by atoms with Gasteiger partial charge in [0.15, 0.2) is 0 Å². The predicted octanol–water partition coefficient (Wildman–Crippen LogP) is 3.20. The fourth-order valence-corrected chi connectivity index (χ4v) is 3.32. The molecule has 0 radical (unpaired) electrons. The zero-order valence-corrected chi connectivity index (χ0v) is 16.9. The number of carbonyl (C=O) groups is 2. The highest BCUT2D eigenvalue weighted by molar-refractivity contribution is 5.91. The molecular formula is C21H34N4O2. The van der Waals surface area contributed by atoms with Gasteiger partial charge in [-0.05, 0) is 48.9 Å². The molecule has 1 aromatic rings. The van der Waals surface area contributed by atoms with E-state index in [1.54, 1.807) is 0 Å². The Labute approximate surface area is 163 Å². The molecule has 0 saturated carbocycles. The van der Waals surface area contributed by atoms with Gasteiger partial charge in [0.1, 0.15) is 0 Å². The van der Waals surface area contributed by atoms with E-state index in [0.29, 0.717) is 25.4 Å². The minimum Gasteiger partial charge on any atom is -0.338 e. The highest BCUT2D eigenvalue weighted by atomic mass is 16.2. The van der Waals surface area contributed by atoms with Crippen molar-refractivity contribution in [1.82, 2.24) is 15.5 Å². The third-order valence-electron chi connectivity index (χ3n) is 4.73. The molecule has 0 bridgehead atoms. The third-order valence-corrected chi connectivity index (χ3v) is 4.73. The minimum atomic E-state index is -0.00932. The molecule has 2 rings (SSSR count). The number of likely N-dealkylation sites (tertiary alicyclic amines) is 1. The molecule has 1 aromatic carbocycles. The number of rotatable bonds is 8. The summed E-state index contributed by atoms with van der Waals surface area (Å²) in [7, 11) is 0. The monoisotopic (exact) mass is 374 g/mol. The van der Waals surface area contributed by atoms with Crippen LogP contribution in [0.25, 0.3) is 0 Å². The second-order valence-electron chi connectivity index (χ2n) is 7.77. The number of hydrogen-bond donors (Lipinski definition) is 3. The van der Waals surface area contributed by atoms with Crippen LogP contribution < -0.4 is 16.0 Å². The second kappa shape index (κ2) is 10.9. The van der Waals surface area contributed by atoms with Crippen LogP contribution in [0.2, 0.25) is 0 Å². The van der Waals surface area contributed by atoms with Gasteiger partial charge >= 0.3 is 6.03 Å². The van der Waals surface area contributed by atoms with E-state index >= 15 is 0 Å². The average molecular weight is 375 g/mol. The number of carbonyl (C=O) groups excluding carboxylic acids is 2. The first-order chi connectivity index (χ1) is 13.0. The number of benzene rings is 1. The maximum Gasteiger partial charge on any atom is 0.317 e. The third kappa shape index (κ3) is 7.59. The normalized spacial score (nSPS) is 17.0. The van der Waals surface area contributed by atoms with E-state index < -0.39 is 0 Å². The van der Waals surface area contributed by atoms with Crippen LogP contribution in [0.5, 0.6) is 0 Å². The maximum atomic E-state index is 12.5. The largest absolute Gasteiger partial charge is 0.338 e. The van der Waals surface area contributed by atoms with Gasteiger partial charge in [-0.2, -0.15) is 0 Å². The fraction of sp³-hybridized carbons (Fsp3) is 0.619. The molecule has 150 valence electrons. The van der Waals surface area contributed by atoms with Crippen LogP contribution >= 0.6 is 0 Å². The van der Waals surface area contributed by atoms with Gasteiger partial charge in [0.2, 0.25) is 5.91 Å². The van der Waals surface area contributed by atoms with Crippen molar-refractivity contribution in [3.63, 3.8) is 0 Å². The van der Waals surface area contributed by atoms with Gasteiger partial charge in [0.25, 0.3) is 0 Å². The first-order valence-corrected chi connectivity index (χ1v) is 10.1. The van der Waals surface area contributed by atoms with Gasteiger partial charge in [0, 0.05) is 38.3 Å². The zero-order valence-electron chi connectivity index (χ0n) is 16.9. The van der Waals surface area contributed by atoms with E-state index in [0.717, 1.165) is 43.7 Å². The van der Waals surface area contributed by atoms with Crippen LogP contribution in [0.3, 0.4) is 0 Å². The molecule has 0 spiro atoms. The number of anilines is 1. The van der Waals surface area contributed by atoms with Gasteiger partial charge < -0.3 is 20.9 Å². The molecule has 1 aliphatic heterocycles. The van der Waals surface area contributed by atoms with E-state index in [1.807, 2.05) is 29.2 Å². The van der Waals surface area contributed by atoms with Crippen LogP contribution in [-0.2, 0) is 11.3 Å². The van der Waals surface area contributed by atoms with Crippen molar-refractivity contribution in [3.8, 4) is 0 Å². The lowest BCUT2D eigenvalue weighted by molar-refractivity contribution is -0.117. The minimum absolute atomic E-state index is 0.00932. The van der Waals surface area contributed by atoms with E-state index in [9.17, 15) is 9.59 Å². The van der Waals surface area contributed by atoms with Crippen LogP contribution in [0.15, 0.2) is 24.3 Å². The lowest BCUT2D eigenvalue weighted by Gasteiger charge is -2.32. The van der Waals surface area contributed by atoms with Gasteiger partial charge in [-0.1, -0.05) is 32.9 Å². The number of urea groups is 1. The Bertz CT molecular complexity index is 618. The van der Waals surface area contributed by atoms with Gasteiger partial charge in [-0.25, -0.2) is 4.79 Å². The van der Waals surface area contributed by atoms with Crippen LogP contribution in [0.1, 0.15) is 45.6 Å². The summed E-state index contributed by atoms with van der Waals surface area (Å²) in [6, 6.07) is 7.92. The van der Waals surface area contributed by atoms with Crippen molar-refractivity contribution in [2.24, 2.45) is 11.8 Å². The topological polar surface area (TPSA) is 73.5 Å². The molecule has 27 heavy (non-hydrogen) atoms. The molecule has 0 aromatic heterocycles. The Balaban J connectivity index is 1.82. The molecule has 1 saturated heterocycles. The maximum absolute atomic E-state index is 12.5. The predicted molar refractivity (Wildman–Crippen MR) is 110 cm³/mol. The molecule has 1 atom stereocenters. The number of piperidine rings is 1. The van der Waals surface area contributed by atoms with Crippen molar-refractivity contribution in [3.05, 3.63) is 29.8 Å². The second-order valence-corrected chi connectivity index (χ2v) is 7.77. The summed E-state index contributed by atoms with van der Waals surface area (Å²) >= 11 is 0. The molecule has 1 unspecified atom stereocenters. The zero-order chi connectivity index (χ0) is 19.6. The van der Waals surface area contributed by atoms with Crippen LogP contribution in [-0.4, -0.2) is 43.0 Å². The summed E-state index contributed by atoms with van der Waals surface area (Å²) in [5.41, 5.74) is 1.98. The smallest absolute Gasteiger partial charge is 0.317 e. The number of nitrogens with zero attached hydrogens (tertiary/aromatic N) is 1. The van der Waals surface area contributed by atoms with Crippen molar-refractivity contribution < 1.29 is 9.59 Å². The lowest BCUT2D eigenvalue weighted by Crippen LogP contribution is -2.46. The summed E-state index contributed by atoms with van der Waals surface area (Å²) < 4.78 is 0. The summed E-state index contributed by atoms with van der Waals surface area (Å²) in [4.78, 5) is 26.6. The summed E-state index contributed by atoms with van der Waals surface area (Å²) in [6.07, 6.45) is 2.39. The Morgan fingerprint density at radius 3 is 2.85 bits per heavy atom. The molecule has 3 amide bonds. The van der Waals surface area contributed by atoms with Gasteiger partial charge in [-0.3, -0.25) is 4.79 Å². The first kappa shape index (κ1) is 21.2. The van der Waals surface area contributed by atoms with Crippen molar-refractivity contribution in [2.75, 3.05) is 31.5 Å². The number of hydrogen-bond acceptors (Lipinski definition) is 3. The van der Waals surface area contributed by atoms with E-state index in [2.05, 4.69) is 36.7 Å². The Morgan fingerprint density at radius 2 is 2.11 bits per heavy atom. The highest BCUT2D eigenvalue weighted by Crippen LogP contribution is 2.21. The van der Waals surface area contributed by atoms with Gasteiger partial charge in [-0.15, -0.1) is 0 Å². The number of amides is 3. The number of nitrogens with one attached hydrogen (secondary N) is 3. The lowest BCUT2D eigenvalue weighted by atomic mass is 9.94. The molecule has 0 aliphatic carbocycles. The summed E-state index contributed by atoms with van der Waals surface area (Å²) in [6.45, 7) is 10.1.